The lowest BCUT2D eigenvalue weighted by Gasteiger charge is -2.23. The number of hydrogen-bond acceptors (Lipinski definition) is 1. The van der Waals surface area contributed by atoms with E-state index in [1.807, 2.05) is 0 Å². The Morgan fingerprint density at radius 3 is 2.15 bits per heavy atom. The van der Waals surface area contributed by atoms with Crippen molar-refractivity contribution in [2.45, 2.75) is 58.9 Å². The Labute approximate surface area is 123 Å². The van der Waals surface area contributed by atoms with Crippen LogP contribution in [0.3, 0.4) is 0 Å². The normalized spacial score (nSPS) is 17.9. The van der Waals surface area contributed by atoms with Gasteiger partial charge in [0.05, 0.1) is 6.04 Å². The summed E-state index contributed by atoms with van der Waals surface area (Å²) in [7, 11) is 0. The van der Waals surface area contributed by atoms with E-state index in [1.54, 1.807) is 0 Å². The van der Waals surface area contributed by atoms with Gasteiger partial charge in [-0.1, -0.05) is 52.0 Å². The third kappa shape index (κ3) is 3.62. The van der Waals surface area contributed by atoms with Gasteiger partial charge in [-0.2, -0.15) is 0 Å². The second kappa shape index (κ2) is 6.43. The lowest BCUT2D eigenvalue weighted by atomic mass is 9.92. The van der Waals surface area contributed by atoms with Gasteiger partial charge in [0, 0.05) is 5.92 Å². The highest BCUT2D eigenvalue weighted by atomic mass is 16.2. The van der Waals surface area contributed by atoms with Gasteiger partial charge in [-0.15, -0.1) is 0 Å². The SMILES string of the molecule is CCC(C)c1ccc(C(NC(=O)C2CC2)C(C)C)cc1. The van der Waals surface area contributed by atoms with E-state index in [4.69, 9.17) is 0 Å². The Morgan fingerprint density at radius 1 is 1.15 bits per heavy atom. The number of amides is 1. The monoisotopic (exact) mass is 273 g/mol. The molecule has 110 valence electrons. The van der Waals surface area contributed by atoms with Crippen molar-refractivity contribution in [2.75, 3.05) is 0 Å². The number of carbonyl (C=O) groups is 1. The van der Waals surface area contributed by atoms with Crippen LogP contribution in [0, 0.1) is 11.8 Å². The predicted octanol–water partition coefficient (Wildman–Crippen LogP) is 4.42. The molecule has 1 amide bonds. The highest BCUT2D eigenvalue weighted by molar-refractivity contribution is 5.81. The number of carbonyl (C=O) groups excluding carboxylic acids is 1. The minimum absolute atomic E-state index is 0.133. The van der Waals surface area contributed by atoms with Crippen LogP contribution >= 0.6 is 0 Å². The summed E-state index contributed by atoms with van der Waals surface area (Å²) < 4.78 is 0. The molecule has 0 saturated heterocycles. The second-order valence-corrected chi connectivity index (χ2v) is 6.48. The van der Waals surface area contributed by atoms with E-state index in [9.17, 15) is 4.79 Å². The molecular formula is C18H27NO. The molecule has 1 fully saturated rings. The van der Waals surface area contributed by atoms with Gasteiger partial charge in [-0.3, -0.25) is 4.79 Å². The van der Waals surface area contributed by atoms with Crippen molar-refractivity contribution in [1.29, 1.82) is 0 Å². The van der Waals surface area contributed by atoms with Gasteiger partial charge in [-0.05, 0) is 42.2 Å². The van der Waals surface area contributed by atoms with Crippen molar-refractivity contribution in [1.82, 2.24) is 5.32 Å². The topological polar surface area (TPSA) is 29.1 Å². The molecule has 1 aliphatic carbocycles. The lowest BCUT2D eigenvalue weighted by Crippen LogP contribution is -2.32. The third-order valence-corrected chi connectivity index (χ3v) is 4.39. The molecule has 0 aliphatic heterocycles. The maximum absolute atomic E-state index is 12.0. The second-order valence-electron chi connectivity index (χ2n) is 6.48. The zero-order chi connectivity index (χ0) is 14.7. The first-order valence-corrected chi connectivity index (χ1v) is 7.93. The van der Waals surface area contributed by atoms with Gasteiger partial charge in [0.15, 0.2) is 0 Å². The fraction of sp³-hybridized carbons (Fsp3) is 0.611. The molecule has 1 N–H and O–H groups in total. The molecule has 0 spiro atoms. The van der Waals surface area contributed by atoms with Crippen LogP contribution in [0.1, 0.15) is 70.0 Å². The molecule has 0 aromatic heterocycles. The fourth-order valence-corrected chi connectivity index (χ4v) is 2.52. The minimum atomic E-state index is 0.133. The predicted molar refractivity (Wildman–Crippen MR) is 83.6 cm³/mol. The summed E-state index contributed by atoms with van der Waals surface area (Å²) in [6, 6.07) is 8.91. The van der Waals surface area contributed by atoms with Gasteiger partial charge < -0.3 is 5.32 Å². The van der Waals surface area contributed by atoms with Crippen LogP contribution in [-0.2, 0) is 4.79 Å². The molecule has 1 aliphatic rings. The third-order valence-electron chi connectivity index (χ3n) is 4.39. The number of nitrogens with one attached hydrogen (secondary N) is 1. The van der Waals surface area contributed by atoms with E-state index < -0.39 is 0 Å². The fourth-order valence-electron chi connectivity index (χ4n) is 2.52. The minimum Gasteiger partial charge on any atom is -0.349 e. The lowest BCUT2D eigenvalue weighted by molar-refractivity contribution is -0.123. The van der Waals surface area contributed by atoms with Crippen molar-refractivity contribution in [2.24, 2.45) is 11.8 Å². The van der Waals surface area contributed by atoms with E-state index in [-0.39, 0.29) is 17.9 Å². The smallest absolute Gasteiger partial charge is 0.223 e. The Kier molecular flexibility index (Phi) is 4.85. The molecule has 2 unspecified atom stereocenters. The summed E-state index contributed by atoms with van der Waals surface area (Å²) in [5, 5.41) is 3.22. The van der Waals surface area contributed by atoms with Crippen LogP contribution in [0.4, 0.5) is 0 Å². The van der Waals surface area contributed by atoms with Gasteiger partial charge in [0.25, 0.3) is 0 Å². The molecule has 0 bridgehead atoms. The van der Waals surface area contributed by atoms with E-state index in [0.717, 1.165) is 19.3 Å². The van der Waals surface area contributed by atoms with Crippen molar-refractivity contribution in [3.63, 3.8) is 0 Å². The highest BCUT2D eigenvalue weighted by Crippen LogP contribution is 2.31. The molecule has 1 aromatic rings. The molecule has 0 radical (unpaired) electrons. The van der Waals surface area contributed by atoms with Crippen molar-refractivity contribution in [3.05, 3.63) is 35.4 Å². The summed E-state index contributed by atoms with van der Waals surface area (Å²) in [5.74, 6) is 1.51. The Bertz CT molecular complexity index is 445. The summed E-state index contributed by atoms with van der Waals surface area (Å²) in [6.07, 6.45) is 3.28. The van der Waals surface area contributed by atoms with Crippen molar-refractivity contribution >= 4 is 5.91 Å². The molecule has 1 saturated carbocycles. The number of benzene rings is 1. The quantitative estimate of drug-likeness (QED) is 0.816. The number of hydrogen-bond donors (Lipinski definition) is 1. The molecule has 2 heteroatoms. The van der Waals surface area contributed by atoms with Crippen LogP contribution in [0.15, 0.2) is 24.3 Å². The van der Waals surface area contributed by atoms with Crippen LogP contribution in [0.2, 0.25) is 0 Å². The summed E-state index contributed by atoms with van der Waals surface area (Å²) in [6.45, 7) is 8.80. The molecule has 0 heterocycles. The Morgan fingerprint density at radius 2 is 1.70 bits per heavy atom. The standard InChI is InChI=1S/C18H27NO/c1-5-13(4)14-6-8-15(9-7-14)17(12(2)3)19-18(20)16-10-11-16/h6-9,12-13,16-17H,5,10-11H2,1-4H3,(H,19,20). The van der Waals surface area contributed by atoms with E-state index >= 15 is 0 Å². The summed E-state index contributed by atoms with van der Waals surface area (Å²) >= 11 is 0. The molecule has 2 atom stereocenters. The first-order chi connectivity index (χ1) is 9.52. The molecule has 2 nitrogen and oxygen atoms in total. The molecule has 1 aromatic carbocycles. The van der Waals surface area contributed by atoms with E-state index in [2.05, 4.69) is 57.3 Å². The van der Waals surface area contributed by atoms with Crippen molar-refractivity contribution in [3.8, 4) is 0 Å². The van der Waals surface area contributed by atoms with Crippen LogP contribution < -0.4 is 5.32 Å². The largest absolute Gasteiger partial charge is 0.349 e. The Hall–Kier alpha value is -1.31. The first-order valence-electron chi connectivity index (χ1n) is 7.93. The Balaban J connectivity index is 2.10. The van der Waals surface area contributed by atoms with Crippen LogP contribution in [0.25, 0.3) is 0 Å². The summed E-state index contributed by atoms with van der Waals surface area (Å²) in [4.78, 5) is 12.0. The average Bonchev–Trinajstić information content (AvgIpc) is 3.28. The zero-order valence-corrected chi connectivity index (χ0v) is 13.1. The van der Waals surface area contributed by atoms with Gasteiger partial charge in [-0.25, -0.2) is 0 Å². The summed E-state index contributed by atoms with van der Waals surface area (Å²) in [5.41, 5.74) is 2.60. The molecular weight excluding hydrogens is 246 g/mol. The maximum atomic E-state index is 12.0. The molecule has 2 rings (SSSR count). The van der Waals surface area contributed by atoms with Crippen LogP contribution in [0.5, 0.6) is 0 Å². The highest BCUT2D eigenvalue weighted by Gasteiger charge is 2.31. The van der Waals surface area contributed by atoms with Crippen LogP contribution in [-0.4, -0.2) is 5.91 Å². The van der Waals surface area contributed by atoms with E-state index in [1.165, 1.54) is 11.1 Å². The zero-order valence-electron chi connectivity index (χ0n) is 13.1. The van der Waals surface area contributed by atoms with Crippen molar-refractivity contribution < 1.29 is 4.79 Å². The molecule has 20 heavy (non-hydrogen) atoms. The number of rotatable bonds is 6. The van der Waals surface area contributed by atoms with Gasteiger partial charge in [0.2, 0.25) is 5.91 Å². The van der Waals surface area contributed by atoms with Gasteiger partial charge in [0.1, 0.15) is 0 Å². The van der Waals surface area contributed by atoms with E-state index in [0.29, 0.717) is 11.8 Å². The average molecular weight is 273 g/mol. The maximum Gasteiger partial charge on any atom is 0.223 e. The van der Waals surface area contributed by atoms with Gasteiger partial charge >= 0.3 is 0 Å². The first kappa shape index (κ1) is 15.1.